The highest BCUT2D eigenvalue weighted by Crippen LogP contribution is 2.40. The van der Waals surface area contributed by atoms with E-state index in [2.05, 4.69) is 45.0 Å². The molecule has 0 radical (unpaired) electrons. The number of hydrogen-bond donors (Lipinski definition) is 3. The molecule has 3 N–H and O–H groups in total. The van der Waals surface area contributed by atoms with Crippen molar-refractivity contribution < 1.29 is 33.4 Å². The average molecular weight is 1090 g/mol. The van der Waals surface area contributed by atoms with Gasteiger partial charge in [0, 0.05) is 40.6 Å². The van der Waals surface area contributed by atoms with Gasteiger partial charge in [-0.15, -0.1) is 32.9 Å². The maximum absolute atomic E-state index is 14.1. The largest absolute Gasteiger partial charge is 0.494 e. The van der Waals surface area contributed by atoms with E-state index in [-0.39, 0.29) is 56.0 Å². The van der Waals surface area contributed by atoms with E-state index in [4.69, 9.17) is 30.8 Å². The molecule has 5 heterocycles. The van der Waals surface area contributed by atoms with Crippen LogP contribution in [0, 0.1) is 33.1 Å². The molecule has 3 aromatic heterocycles. The second-order valence-electron chi connectivity index (χ2n) is 20.5. The van der Waals surface area contributed by atoms with Crippen molar-refractivity contribution in [1.29, 1.82) is 0 Å². The molecule has 19 heteroatoms. The summed E-state index contributed by atoms with van der Waals surface area (Å²) in [6.07, 6.45) is 1.94. The maximum atomic E-state index is 14.1. The summed E-state index contributed by atoms with van der Waals surface area (Å²) in [7, 11) is 0. The quantitative estimate of drug-likeness (QED) is 0.0585. The van der Waals surface area contributed by atoms with Crippen molar-refractivity contribution in [3.05, 3.63) is 133 Å². The second kappa shape index (κ2) is 24.8. The molecule has 3 aromatic carbocycles. The molecule has 2 aliphatic heterocycles. The Bertz CT molecular complexity index is 3040. The molecule has 1 saturated heterocycles. The minimum atomic E-state index is -0.859. The van der Waals surface area contributed by atoms with Crippen LogP contribution in [-0.2, 0) is 28.7 Å². The number of halogens is 1. The number of amides is 4. The molecule has 8 rings (SSSR count). The Morgan fingerprint density at radius 3 is 2.16 bits per heavy atom. The van der Waals surface area contributed by atoms with Crippen molar-refractivity contribution in [2.45, 2.75) is 118 Å². The molecule has 2 unspecified atom stereocenters. The van der Waals surface area contributed by atoms with Crippen LogP contribution in [0.3, 0.4) is 0 Å². The van der Waals surface area contributed by atoms with Gasteiger partial charge < -0.3 is 35.1 Å². The number of likely N-dealkylation sites (tertiary alicyclic amines) is 1. The Morgan fingerprint density at radius 2 is 1.47 bits per heavy atom. The first-order valence-corrected chi connectivity index (χ1v) is 27.9. The number of aromatic nitrogens is 4. The number of carbonyl (C=O) groups is 4. The summed E-state index contributed by atoms with van der Waals surface area (Å²) in [5.74, 6) is 0.951. The summed E-state index contributed by atoms with van der Waals surface area (Å²) in [4.78, 5) is 68.0. The highest BCUT2D eigenvalue weighted by atomic mass is 35.5. The Labute approximate surface area is 458 Å². The van der Waals surface area contributed by atoms with Gasteiger partial charge in [0.05, 0.1) is 60.1 Å². The van der Waals surface area contributed by atoms with E-state index in [0.717, 1.165) is 60.5 Å². The van der Waals surface area contributed by atoms with Crippen molar-refractivity contribution in [2.24, 2.45) is 10.4 Å². The number of thiazole rings is 1. The molecule has 6 aromatic rings. The number of thiophene rings is 1. The summed E-state index contributed by atoms with van der Waals surface area (Å²) in [5, 5.41) is 19.7. The van der Waals surface area contributed by atoms with E-state index in [9.17, 15) is 19.2 Å². The van der Waals surface area contributed by atoms with Gasteiger partial charge in [0.25, 0.3) is 0 Å². The molecule has 0 aliphatic carbocycles. The molecule has 0 saturated carbocycles. The van der Waals surface area contributed by atoms with Crippen LogP contribution in [0.2, 0.25) is 5.02 Å². The normalized spacial score (nSPS) is 16.4. The van der Waals surface area contributed by atoms with Crippen LogP contribution in [0.1, 0.15) is 128 Å². The van der Waals surface area contributed by atoms with Gasteiger partial charge in [-0.05, 0) is 106 Å². The molecule has 0 spiro atoms. The van der Waals surface area contributed by atoms with Crippen molar-refractivity contribution in [1.82, 2.24) is 40.6 Å². The number of nitrogens with one attached hydrogen (secondary N) is 3. The molecule has 5 atom stereocenters. The molecule has 4 amide bonds. The van der Waals surface area contributed by atoms with E-state index >= 15 is 0 Å². The number of benzene rings is 3. The van der Waals surface area contributed by atoms with Crippen molar-refractivity contribution in [2.75, 3.05) is 39.6 Å². The van der Waals surface area contributed by atoms with Gasteiger partial charge in [-0.3, -0.25) is 28.7 Å². The van der Waals surface area contributed by atoms with E-state index in [0.29, 0.717) is 55.6 Å². The maximum Gasteiger partial charge on any atom is 0.246 e. The lowest BCUT2D eigenvalue weighted by Crippen LogP contribution is -2.58. The zero-order valence-corrected chi connectivity index (χ0v) is 47.1. The molecule has 16 nitrogen and oxygen atoms in total. The fraction of sp³-hybridized carbons (Fsp3) is 0.439. The summed E-state index contributed by atoms with van der Waals surface area (Å²) in [6, 6.07) is 20.7. The third-order valence-corrected chi connectivity index (χ3v) is 16.3. The SMILES string of the molecule is Cc1ncsc1-c1ccc(C(C)NC(=O)[C@@H]2CCCN2C(=O)C(NC(=O)COCCOCCCOc2ccc([C@@H](C)NC(=O)C[C@@H]3N=C(c4ccc(Cl)cc4)c4c(sc(C)c4C)-n4c(C)nnc43)cc2)C(C)(C)C)cc1. The predicted octanol–water partition coefficient (Wildman–Crippen LogP) is 9.70. The lowest BCUT2D eigenvalue weighted by molar-refractivity contribution is -0.144. The Morgan fingerprint density at radius 1 is 0.803 bits per heavy atom. The van der Waals surface area contributed by atoms with E-state index in [1.807, 2.05) is 131 Å². The lowest BCUT2D eigenvalue weighted by Gasteiger charge is -2.35. The highest BCUT2D eigenvalue weighted by Gasteiger charge is 2.42. The number of aliphatic imine (C=N–C) groups is 1. The number of ether oxygens (including phenoxy) is 3. The Hall–Kier alpha value is -6.31. The van der Waals surface area contributed by atoms with E-state index < -0.39 is 29.4 Å². The smallest absolute Gasteiger partial charge is 0.246 e. The average Bonchev–Trinajstić information content (AvgIpc) is 4.19. The third-order valence-electron chi connectivity index (χ3n) is 13.8. The molecule has 76 heavy (non-hydrogen) atoms. The Kier molecular flexibility index (Phi) is 18.2. The summed E-state index contributed by atoms with van der Waals surface area (Å²) < 4.78 is 19.4. The topological polar surface area (TPSA) is 191 Å². The number of hydrogen-bond acceptors (Lipinski definition) is 13. The molecular formula is C57H68ClN9O7S2. The number of fused-ring (bicyclic) bond motifs is 3. The van der Waals surface area contributed by atoms with Crippen LogP contribution < -0.4 is 20.7 Å². The van der Waals surface area contributed by atoms with Crippen LogP contribution in [0.5, 0.6) is 5.75 Å². The first-order chi connectivity index (χ1) is 36.4. The number of rotatable bonds is 21. The van der Waals surface area contributed by atoms with Gasteiger partial charge in [0.1, 0.15) is 41.3 Å². The molecule has 1 fully saturated rings. The minimum Gasteiger partial charge on any atom is -0.494 e. The van der Waals surface area contributed by atoms with Gasteiger partial charge in [-0.2, -0.15) is 0 Å². The van der Waals surface area contributed by atoms with Gasteiger partial charge in [0.15, 0.2) is 5.82 Å². The monoisotopic (exact) mass is 1090 g/mol. The second-order valence-corrected chi connectivity index (χ2v) is 23.0. The fourth-order valence-corrected chi connectivity index (χ4v) is 11.6. The number of aryl methyl sites for hydroxylation is 3. The minimum absolute atomic E-state index is 0.0768. The summed E-state index contributed by atoms with van der Waals surface area (Å²) >= 11 is 9.53. The zero-order valence-electron chi connectivity index (χ0n) is 44.7. The first kappa shape index (κ1) is 55.9. The summed E-state index contributed by atoms with van der Waals surface area (Å²) in [6.45, 7) is 19.2. The predicted molar refractivity (Wildman–Crippen MR) is 298 cm³/mol. The number of carbonyl (C=O) groups excluding carboxylic acids is 4. The van der Waals surface area contributed by atoms with Crippen molar-refractivity contribution in [3.63, 3.8) is 0 Å². The van der Waals surface area contributed by atoms with Gasteiger partial charge in [-0.25, -0.2) is 4.98 Å². The van der Waals surface area contributed by atoms with Crippen LogP contribution in [0.25, 0.3) is 15.4 Å². The standard InChI is InChI=1S/C57H68ClN9O7S2/c1-33-37(5)76-56-49(33)50(41-17-21-43(58)22-18-41)62-45(53-65-64-38(6)67(53)56)30-47(68)60-34(2)40-19-23-44(24-20-40)74-27-11-26-72-28-29-73-31-48(69)63-52(57(7,8)9)55(71)66-25-10-12-46(66)54(70)61-35(3)39-13-15-42(16-14-39)51-36(4)59-32-75-51/h13-24,32,34-35,45-46,52H,10-12,25-31H2,1-9H3,(H,60,68)(H,61,70)(H,63,69)/t34-,35?,45+,46+,52?/m1/s1. The number of nitrogens with zero attached hydrogens (tertiary/aromatic N) is 6. The van der Waals surface area contributed by atoms with E-state index in [1.54, 1.807) is 27.6 Å². The molecule has 402 valence electrons. The van der Waals surface area contributed by atoms with Crippen LogP contribution >= 0.6 is 34.3 Å². The third kappa shape index (κ3) is 13.3. The fourth-order valence-electron chi connectivity index (χ4n) is 9.50. The van der Waals surface area contributed by atoms with Crippen molar-refractivity contribution in [3.8, 4) is 21.2 Å². The highest BCUT2D eigenvalue weighted by molar-refractivity contribution is 7.15. The van der Waals surface area contributed by atoms with Gasteiger partial charge in [-0.1, -0.05) is 80.9 Å². The van der Waals surface area contributed by atoms with Gasteiger partial charge in [0.2, 0.25) is 23.6 Å². The molecular weight excluding hydrogens is 1020 g/mol. The van der Waals surface area contributed by atoms with Crippen molar-refractivity contribution >= 4 is 63.6 Å². The Balaban J connectivity index is 0.733. The van der Waals surface area contributed by atoms with Gasteiger partial charge >= 0.3 is 0 Å². The lowest BCUT2D eigenvalue weighted by atomic mass is 9.85. The van der Waals surface area contributed by atoms with Crippen LogP contribution in [0.15, 0.2) is 83.3 Å². The van der Waals surface area contributed by atoms with Crippen LogP contribution in [-0.4, -0.2) is 106 Å². The molecule has 0 bridgehead atoms. The first-order valence-electron chi connectivity index (χ1n) is 25.8. The zero-order chi connectivity index (χ0) is 54.3. The van der Waals surface area contributed by atoms with Crippen LogP contribution in [0.4, 0.5) is 0 Å². The van der Waals surface area contributed by atoms with E-state index in [1.165, 1.54) is 4.88 Å². The summed E-state index contributed by atoms with van der Waals surface area (Å²) in [5.41, 5.74) is 8.99. The molecule has 2 aliphatic rings.